The van der Waals surface area contributed by atoms with E-state index in [-0.39, 0.29) is 10.8 Å². The Hall–Kier alpha value is -0.290. The zero-order valence-corrected chi connectivity index (χ0v) is 8.45. The molecule has 11 heavy (non-hydrogen) atoms. The van der Waals surface area contributed by atoms with Gasteiger partial charge in [-0.05, 0) is 13.8 Å². The van der Waals surface area contributed by atoms with Gasteiger partial charge in [0.2, 0.25) is 0 Å². The minimum atomic E-state index is -0.823. The third-order valence-electron chi connectivity index (χ3n) is 1.65. The van der Waals surface area contributed by atoms with Crippen molar-refractivity contribution in [3.63, 3.8) is 0 Å². The van der Waals surface area contributed by atoms with Crippen LogP contribution in [0.3, 0.4) is 0 Å². The third kappa shape index (κ3) is 1.03. The second kappa shape index (κ2) is 2.35. The Kier molecular flexibility index (Phi) is 1.88. The summed E-state index contributed by atoms with van der Waals surface area (Å²) in [6.45, 7) is 3.27. The first-order valence-electron chi connectivity index (χ1n) is 2.98. The Morgan fingerprint density at radius 2 is 1.91 bits per heavy atom. The smallest absolute Gasteiger partial charge is 0.272 e. The number of nitrogens with zero attached hydrogens (tertiary/aromatic N) is 1. The molecule has 1 heterocycles. The van der Waals surface area contributed by atoms with Crippen LogP contribution in [0.1, 0.15) is 13.8 Å². The van der Waals surface area contributed by atoms with Crippen LogP contribution in [0, 0.1) is 5.41 Å². The zero-order valence-electron chi connectivity index (χ0n) is 6.05. The zero-order chi connectivity index (χ0) is 8.81. The molecule has 1 aliphatic rings. The first kappa shape index (κ1) is 8.80. The lowest BCUT2D eigenvalue weighted by Gasteiger charge is -2.11. The van der Waals surface area contributed by atoms with Gasteiger partial charge in [0.15, 0.2) is 0 Å². The maximum Gasteiger partial charge on any atom is 0.278 e. The molecule has 3 nitrogen and oxygen atoms in total. The van der Waals surface area contributed by atoms with Gasteiger partial charge in [-0.3, -0.25) is 9.59 Å². The molecular weight excluding hydrogens is 230 g/mol. The maximum absolute atomic E-state index is 11.2. The van der Waals surface area contributed by atoms with Gasteiger partial charge in [-0.1, -0.05) is 12.2 Å². The van der Waals surface area contributed by atoms with Crippen molar-refractivity contribution in [1.29, 1.82) is 0 Å². The Morgan fingerprint density at radius 3 is 2.00 bits per heavy atom. The predicted molar refractivity (Wildman–Crippen MR) is 47.2 cm³/mol. The van der Waals surface area contributed by atoms with E-state index in [0.717, 1.165) is 3.93 Å². The second-order valence-electron chi connectivity index (χ2n) is 2.85. The van der Waals surface area contributed by atoms with Crippen LogP contribution in [-0.4, -0.2) is 20.6 Å². The van der Waals surface area contributed by atoms with E-state index in [1.807, 2.05) is 0 Å². The molecule has 0 aliphatic carbocycles. The topological polar surface area (TPSA) is 37.4 Å². The van der Waals surface area contributed by atoms with E-state index >= 15 is 0 Å². The van der Waals surface area contributed by atoms with E-state index in [9.17, 15) is 9.59 Å². The van der Waals surface area contributed by atoms with Gasteiger partial charge in [0, 0.05) is 0 Å². The Bertz CT molecular complexity index is 261. The molecule has 0 unspecified atom stereocenters. The Balaban J connectivity index is 3.16. The fourth-order valence-electron chi connectivity index (χ4n) is 0.791. The van der Waals surface area contributed by atoms with Crippen LogP contribution < -0.4 is 0 Å². The van der Waals surface area contributed by atoms with E-state index in [4.69, 9.17) is 12.2 Å². The molecule has 1 saturated heterocycles. The molecule has 2 amide bonds. The van der Waals surface area contributed by atoms with Crippen LogP contribution in [0.5, 0.6) is 0 Å². The molecule has 0 spiro atoms. The normalized spacial score (nSPS) is 23.2. The van der Waals surface area contributed by atoms with Crippen LogP contribution in [-0.2, 0) is 9.59 Å². The number of hydrogen-bond donors (Lipinski definition) is 0. The molecule has 0 aromatic carbocycles. The average Bonchev–Trinajstić information content (AvgIpc) is 2.06. The standard InChI is InChI=1S/C6H6BrNO2S/c1-6(2)3(11)4(9)8(7)5(6)10/h1-2H3. The van der Waals surface area contributed by atoms with Crippen molar-refractivity contribution in [2.24, 2.45) is 5.41 Å². The molecule has 0 radical (unpaired) electrons. The molecule has 0 aromatic rings. The van der Waals surface area contributed by atoms with Crippen molar-refractivity contribution in [2.45, 2.75) is 13.8 Å². The van der Waals surface area contributed by atoms with Crippen molar-refractivity contribution < 1.29 is 9.59 Å². The van der Waals surface area contributed by atoms with Gasteiger partial charge in [-0.25, -0.2) is 3.93 Å². The average molecular weight is 236 g/mol. The summed E-state index contributed by atoms with van der Waals surface area (Å²) in [5.41, 5.74) is -0.823. The number of carbonyl (C=O) groups excluding carboxylic acids is 2. The monoisotopic (exact) mass is 235 g/mol. The van der Waals surface area contributed by atoms with Crippen molar-refractivity contribution in [2.75, 3.05) is 0 Å². The Labute approximate surface area is 78.1 Å². The van der Waals surface area contributed by atoms with Gasteiger partial charge >= 0.3 is 0 Å². The lowest BCUT2D eigenvalue weighted by Crippen LogP contribution is -2.26. The summed E-state index contributed by atoms with van der Waals surface area (Å²) in [6, 6.07) is 0. The highest BCUT2D eigenvalue weighted by atomic mass is 79.9. The minimum absolute atomic E-state index is 0.166. The van der Waals surface area contributed by atoms with Crippen LogP contribution in [0.25, 0.3) is 0 Å². The summed E-state index contributed by atoms with van der Waals surface area (Å²) in [7, 11) is 0. The van der Waals surface area contributed by atoms with Crippen molar-refractivity contribution in [1.82, 2.24) is 3.93 Å². The number of imide groups is 1. The van der Waals surface area contributed by atoms with Gasteiger partial charge in [0.1, 0.15) is 0 Å². The van der Waals surface area contributed by atoms with E-state index in [1.54, 1.807) is 13.8 Å². The Morgan fingerprint density at radius 1 is 1.45 bits per heavy atom. The van der Waals surface area contributed by atoms with E-state index in [0.29, 0.717) is 0 Å². The number of amides is 2. The molecule has 0 atom stereocenters. The predicted octanol–water partition coefficient (Wildman–Crippen LogP) is 1.06. The van der Waals surface area contributed by atoms with E-state index in [2.05, 4.69) is 16.1 Å². The van der Waals surface area contributed by atoms with Crippen molar-refractivity contribution in [3.8, 4) is 0 Å². The molecule has 1 fully saturated rings. The molecule has 0 saturated carbocycles. The molecule has 1 rings (SSSR count). The largest absolute Gasteiger partial charge is 0.278 e. The quantitative estimate of drug-likeness (QED) is 0.358. The highest BCUT2D eigenvalue weighted by Gasteiger charge is 2.49. The summed E-state index contributed by atoms with van der Waals surface area (Å²) in [6.07, 6.45) is 0. The van der Waals surface area contributed by atoms with Gasteiger partial charge in [-0.2, -0.15) is 0 Å². The molecule has 60 valence electrons. The van der Waals surface area contributed by atoms with Crippen LogP contribution in [0.4, 0.5) is 0 Å². The SMILES string of the molecule is CC1(C)C(=O)N(Br)C(=O)C1=S. The van der Waals surface area contributed by atoms with Crippen LogP contribution >= 0.6 is 28.4 Å². The second-order valence-corrected chi connectivity index (χ2v) is 3.96. The summed E-state index contributed by atoms with van der Waals surface area (Å²) >= 11 is 7.62. The highest BCUT2D eigenvalue weighted by molar-refractivity contribution is 9.08. The van der Waals surface area contributed by atoms with Gasteiger partial charge in [0.05, 0.1) is 26.4 Å². The van der Waals surface area contributed by atoms with Crippen LogP contribution in [0.2, 0.25) is 0 Å². The number of thiocarbonyl (C=S) groups is 1. The minimum Gasteiger partial charge on any atom is -0.272 e. The van der Waals surface area contributed by atoms with Gasteiger partial charge in [0.25, 0.3) is 11.8 Å². The van der Waals surface area contributed by atoms with Gasteiger partial charge < -0.3 is 0 Å². The number of rotatable bonds is 0. The fraction of sp³-hybridized carbons (Fsp3) is 0.500. The lowest BCUT2D eigenvalue weighted by molar-refractivity contribution is -0.133. The summed E-state index contributed by atoms with van der Waals surface area (Å²) in [4.78, 5) is 22.4. The van der Waals surface area contributed by atoms with Crippen LogP contribution in [0.15, 0.2) is 0 Å². The summed E-state index contributed by atoms with van der Waals surface area (Å²) in [5, 5.41) is 0. The molecule has 0 aromatic heterocycles. The lowest BCUT2D eigenvalue weighted by atomic mass is 9.92. The van der Waals surface area contributed by atoms with Crippen molar-refractivity contribution in [3.05, 3.63) is 0 Å². The molecular formula is C6H6BrNO2S. The summed E-state index contributed by atoms with van der Waals surface area (Å²) < 4.78 is 0.884. The first-order valence-corrected chi connectivity index (χ1v) is 4.10. The highest BCUT2D eigenvalue weighted by Crippen LogP contribution is 2.31. The summed E-state index contributed by atoms with van der Waals surface area (Å²) in [5.74, 6) is -0.720. The maximum atomic E-state index is 11.2. The number of halogens is 1. The molecule has 1 aliphatic heterocycles. The van der Waals surface area contributed by atoms with E-state index < -0.39 is 11.3 Å². The molecule has 0 bridgehead atoms. The van der Waals surface area contributed by atoms with Gasteiger partial charge in [-0.15, -0.1) is 0 Å². The number of hydrogen-bond acceptors (Lipinski definition) is 3. The van der Waals surface area contributed by atoms with Crippen molar-refractivity contribution >= 4 is 45.0 Å². The first-order chi connectivity index (χ1) is 4.89. The number of carbonyl (C=O) groups is 2. The fourth-order valence-corrected chi connectivity index (χ4v) is 1.71. The molecule has 0 N–H and O–H groups in total. The third-order valence-corrected chi connectivity index (χ3v) is 2.98. The van der Waals surface area contributed by atoms with E-state index in [1.165, 1.54) is 0 Å². The molecule has 5 heteroatoms.